The van der Waals surface area contributed by atoms with Gasteiger partial charge >= 0.3 is 0 Å². The molecule has 0 spiro atoms. The van der Waals surface area contributed by atoms with Crippen LogP contribution < -0.4 is 0 Å². The van der Waals surface area contributed by atoms with Crippen LogP contribution >= 0.6 is 0 Å². The van der Waals surface area contributed by atoms with Crippen LogP contribution in [-0.2, 0) is 9.53 Å². The third-order valence-electron chi connectivity index (χ3n) is 7.11. The van der Waals surface area contributed by atoms with Gasteiger partial charge in [0.15, 0.2) is 0 Å². The van der Waals surface area contributed by atoms with E-state index < -0.39 is 0 Å². The Bertz CT molecular complexity index is 496. The van der Waals surface area contributed by atoms with Gasteiger partial charge in [0.25, 0.3) is 0 Å². The summed E-state index contributed by atoms with van der Waals surface area (Å²) in [7, 11) is 0. The first-order valence-electron chi connectivity index (χ1n) is 10.2. The standard InChI is InChI=1S/C20H31N3O2/c21-2-1-3-23(5-4-22-6-8-25-9-7-22)20(24)19-17-11-15-10-16(13-17)14-18(19)12-15/h15-19H,1,3-14H2. The van der Waals surface area contributed by atoms with Crippen LogP contribution in [0.4, 0.5) is 0 Å². The Kier molecular flexibility index (Phi) is 5.28. The first kappa shape index (κ1) is 17.3. The normalized spacial score (nSPS) is 37.0. The lowest BCUT2D eigenvalue weighted by Crippen LogP contribution is -2.53. The molecular formula is C20H31N3O2. The van der Waals surface area contributed by atoms with Crippen molar-refractivity contribution < 1.29 is 9.53 Å². The predicted molar refractivity (Wildman–Crippen MR) is 94.6 cm³/mol. The molecule has 0 aromatic carbocycles. The fourth-order valence-electron chi connectivity index (χ4n) is 6.14. The minimum Gasteiger partial charge on any atom is -0.379 e. The lowest BCUT2D eigenvalue weighted by Gasteiger charge is -2.54. The number of morpholine rings is 1. The maximum absolute atomic E-state index is 13.4. The van der Waals surface area contributed by atoms with Gasteiger partial charge in [-0.1, -0.05) is 0 Å². The van der Waals surface area contributed by atoms with Crippen molar-refractivity contribution in [1.29, 1.82) is 5.26 Å². The topological polar surface area (TPSA) is 56.6 Å². The molecule has 0 unspecified atom stereocenters. The predicted octanol–water partition coefficient (Wildman–Crippen LogP) is 2.13. The van der Waals surface area contributed by atoms with Crippen LogP contribution in [0.5, 0.6) is 0 Å². The maximum Gasteiger partial charge on any atom is 0.226 e. The molecule has 0 atom stereocenters. The zero-order valence-corrected chi connectivity index (χ0v) is 15.2. The van der Waals surface area contributed by atoms with E-state index in [9.17, 15) is 4.79 Å². The van der Waals surface area contributed by atoms with Gasteiger partial charge in [0, 0.05) is 38.6 Å². The van der Waals surface area contributed by atoms with Crippen molar-refractivity contribution in [2.75, 3.05) is 45.9 Å². The zero-order valence-electron chi connectivity index (χ0n) is 15.2. The van der Waals surface area contributed by atoms with Gasteiger partial charge in [-0.25, -0.2) is 0 Å². The molecule has 4 aliphatic carbocycles. The van der Waals surface area contributed by atoms with Gasteiger partial charge < -0.3 is 9.64 Å². The van der Waals surface area contributed by atoms with E-state index in [1.54, 1.807) is 0 Å². The summed E-state index contributed by atoms with van der Waals surface area (Å²) < 4.78 is 5.41. The van der Waals surface area contributed by atoms with Gasteiger partial charge in [-0.3, -0.25) is 9.69 Å². The molecule has 0 aromatic rings. The average molecular weight is 345 g/mol. The van der Waals surface area contributed by atoms with E-state index in [0.717, 1.165) is 51.2 Å². The molecular weight excluding hydrogens is 314 g/mol. The van der Waals surface area contributed by atoms with Crippen LogP contribution in [0.25, 0.3) is 0 Å². The van der Waals surface area contributed by atoms with Crippen LogP contribution in [-0.4, -0.2) is 61.6 Å². The van der Waals surface area contributed by atoms with Crippen molar-refractivity contribution in [3.63, 3.8) is 0 Å². The molecule has 5 heteroatoms. The lowest BCUT2D eigenvalue weighted by molar-refractivity contribution is -0.149. The van der Waals surface area contributed by atoms with Crippen molar-refractivity contribution in [3.8, 4) is 6.07 Å². The van der Waals surface area contributed by atoms with Crippen molar-refractivity contribution in [2.24, 2.45) is 29.6 Å². The molecule has 0 N–H and O–H groups in total. The van der Waals surface area contributed by atoms with E-state index in [0.29, 0.717) is 30.7 Å². The smallest absolute Gasteiger partial charge is 0.226 e. The molecule has 5 nitrogen and oxygen atoms in total. The van der Waals surface area contributed by atoms with Crippen molar-refractivity contribution >= 4 is 5.91 Å². The van der Waals surface area contributed by atoms with Gasteiger partial charge in [0.2, 0.25) is 5.91 Å². The Balaban J connectivity index is 1.39. The van der Waals surface area contributed by atoms with Gasteiger partial charge in [-0.05, 0) is 55.8 Å². The molecule has 4 bridgehead atoms. The first-order valence-corrected chi connectivity index (χ1v) is 10.2. The van der Waals surface area contributed by atoms with E-state index in [1.807, 2.05) is 4.90 Å². The Hall–Kier alpha value is -1.12. The summed E-state index contributed by atoms with van der Waals surface area (Å²) in [5.41, 5.74) is 0. The SMILES string of the molecule is N#CCCN(CCN1CCOCC1)C(=O)C1C2CC3CC(C2)CC1C3. The maximum atomic E-state index is 13.4. The van der Waals surface area contributed by atoms with E-state index in [2.05, 4.69) is 11.0 Å². The minimum absolute atomic E-state index is 0.246. The summed E-state index contributed by atoms with van der Waals surface area (Å²) >= 11 is 0. The Morgan fingerprint density at radius 1 is 1.04 bits per heavy atom. The molecule has 4 saturated carbocycles. The number of nitriles is 1. The van der Waals surface area contributed by atoms with Crippen LogP contribution in [0.2, 0.25) is 0 Å². The van der Waals surface area contributed by atoms with Crippen LogP contribution in [0.1, 0.15) is 38.5 Å². The summed E-state index contributed by atoms with van der Waals surface area (Å²) in [6, 6.07) is 2.23. The van der Waals surface area contributed by atoms with Crippen molar-refractivity contribution in [3.05, 3.63) is 0 Å². The van der Waals surface area contributed by atoms with Gasteiger partial charge in [-0.2, -0.15) is 5.26 Å². The minimum atomic E-state index is 0.246. The fourth-order valence-corrected chi connectivity index (χ4v) is 6.14. The van der Waals surface area contributed by atoms with Gasteiger partial charge in [-0.15, -0.1) is 0 Å². The molecule has 25 heavy (non-hydrogen) atoms. The zero-order chi connectivity index (χ0) is 17.2. The fraction of sp³-hybridized carbons (Fsp3) is 0.900. The molecule has 1 heterocycles. The second kappa shape index (κ2) is 7.63. The number of hydrogen-bond acceptors (Lipinski definition) is 4. The van der Waals surface area contributed by atoms with E-state index >= 15 is 0 Å². The molecule has 5 aliphatic rings. The molecule has 5 rings (SSSR count). The highest BCUT2D eigenvalue weighted by molar-refractivity contribution is 5.80. The van der Waals surface area contributed by atoms with Gasteiger partial charge in [0.1, 0.15) is 0 Å². The number of nitrogens with zero attached hydrogens (tertiary/aromatic N) is 3. The van der Waals surface area contributed by atoms with E-state index in [-0.39, 0.29) is 5.92 Å². The Morgan fingerprint density at radius 3 is 2.28 bits per heavy atom. The van der Waals surface area contributed by atoms with Crippen molar-refractivity contribution in [2.45, 2.75) is 38.5 Å². The quantitative estimate of drug-likeness (QED) is 0.740. The second-order valence-electron chi connectivity index (χ2n) is 8.64. The molecule has 0 aromatic heterocycles. The van der Waals surface area contributed by atoms with E-state index in [4.69, 9.17) is 10.00 Å². The third-order valence-corrected chi connectivity index (χ3v) is 7.11. The molecule has 5 fully saturated rings. The third kappa shape index (κ3) is 3.71. The molecule has 1 saturated heterocycles. The number of carbonyl (C=O) groups is 1. The highest BCUT2D eigenvalue weighted by atomic mass is 16.5. The highest BCUT2D eigenvalue weighted by Gasteiger charge is 2.51. The summed E-state index contributed by atoms with van der Waals surface area (Å²) in [5, 5.41) is 9.01. The summed E-state index contributed by atoms with van der Waals surface area (Å²) in [5.74, 6) is 3.64. The number of rotatable bonds is 6. The number of amides is 1. The van der Waals surface area contributed by atoms with Crippen LogP contribution in [0.15, 0.2) is 0 Å². The van der Waals surface area contributed by atoms with Gasteiger partial charge in [0.05, 0.1) is 25.7 Å². The Labute approximate surface area is 151 Å². The largest absolute Gasteiger partial charge is 0.379 e. The first-order chi connectivity index (χ1) is 12.2. The average Bonchev–Trinajstić information content (AvgIpc) is 2.61. The lowest BCUT2D eigenvalue weighted by atomic mass is 9.51. The van der Waals surface area contributed by atoms with E-state index in [1.165, 1.54) is 32.1 Å². The van der Waals surface area contributed by atoms with Crippen molar-refractivity contribution in [1.82, 2.24) is 9.80 Å². The molecule has 1 amide bonds. The summed E-state index contributed by atoms with van der Waals surface area (Å²) in [4.78, 5) is 17.8. The molecule has 1 aliphatic heterocycles. The van der Waals surface area contributed by atoms with Crippen LogP contribution in [0, 0.1) is 40.9 Å². The van der Waals surface area contributed by atoms with Crippen LogP contribution in [0.3, 0.4) is 0 Å². The monoisotopic (exact) mass is 345 g/mol. The summed E-state index contributed by atoms with van der Waals surface area (Å²) in [6.07, 6.45) is 6.97. The molecule has 0 radical (unpaired) electrons. The number of ether oxygens (including phenoxy) is 1. The Morgan fingerprint density at radius 2 is 1.68 bits per heavy atom. The number of carbonyl (C=O) groups excluding carboxylic acids is 1. The second-order valence-corrected chi connectivity index (χ2v) is 8.64. The number of hydrogen-bond donors (Lipinski definition) is 0. The molecule has 138 valence electrons. The highest BCUT2D eigenvalue weighted by Crippen LogP contribution is 2.56. The summed E-state index contributed by atoms with van der Waals surface area (Å²) in [6.45, 7) is 5.78.